The van der Waals surface area contributed by atoms with Gasteiger partial charge in [0.15, 0.2) is 0 Å². The summed E-state index contributed by atoms with van der Waals surface area (Å²) in [6, 6.07) is 6.58. The molecule has 0 spiro atoms. The van der Waals surface area contributed by atoms with Crippen LogP contribution in [0.4, 0.5) is 0 Å². The second kappa shape index (κ2) is 5.79. The van der Waals surface area contributed by atoms with Crippen LogP contribution in [0.5, 0.6) is 0 Å². The number of primary sulfonamides is 1. The lowest BCUT2D eigenvalue weighted by Crippen LogP contribution is -2.25. The van der Waals surface area contributed by atoms with Crippen LogP contribution in [-0.4, -0.2) is 27.7 Å². The predicted octanol–water partition coefficient (Wildman–Crippen LogP) is 0.603. The molecule has 1 saturated heterocycles. The third-order valence-corrected chi connectivity index (χ3v) is 3.91. The molecule has 1 fully saturated rings. The first-order valence-corrected chi connectivity index (χ1v) is 7.54. The van der Waals surface area contributed by atoms with Crippen molar-refractivity contribution in [3.63, 3.8) is 0 Å². The van der Waals surface area contributed by atoms with E-state index in [1.54, 1.807) is 12.1 Å². The van der Waals surface area contributed by atoms with Gasteiger partial charge < -0.3 is 10.1 Å². The molecule has 1 atom stereocenters. The van der Waals surface area contributed by atoms with Crippen LogP contribution < -0.4 is 10.5 Å². The van der Waals surface area contributed by atoms with Gasteiger partial charge in [0, 0.05) is 19.7 Å². The van der Waals surface area contributed by atoms with Crippen molar-refractivity contribution in [2.24, 2.45) is 5.14 Å². The number of hydrogen-bond acceptors (Lipinski definition) is 4. The van der Waals surface area contributed by atoms with E-state index >= 15 is 0 Å². The Morgan fingerprint density at radius 1 is 1.33 bits per heavy atom. The Balaban J connectivity index is 1.83. The fourth-order valence-electron chi connectivity index (χ4n) is 1.98. The second-order valence-corrected chi connectivity index (χ2v) is 6.02. The standard InChI is InChI=1S/C12H18N2O3S/c13-18(15,16)12-5-3-10(4-6-12)8-14-9-11-2-1-7-17-11/h3-6,11,14H,1-2,7-9H2,(H2,13,15,16). The van der Waals surface area contributed by atoms with Crippen molar-refractivity contribution < 1.29 is 13.2 Å². The van der Waals surface area contributed by atoms with E-state index in [1.807, 2.05) is 0 Å². The van der Waals surface area contributed by atoms with Crippen LogP contribution in [0.25, 0.3) is 0 Å². The van der Waals surface area contributed by atoms with Crippen LogP contribution in [-0.2, 0) is 21.3 Å². The quantitative estimate of drug-likeness (QED) is 0.821. The van der Waals surface area contributed by atoms with E-state index in [9.17, 15) is 8.42 Å². The maximum absolute atomic E-state index is 11.1. The highest BCUT2D eigenvalue weighted by Crippen LogP contribution is 2.11. The maximum Gasteiger partial charge on any atom is 0.238 e. The van der Waals surface area contributed by atoms with Crippen LogP contribution in [0, 0.1) is 0 Å². The first-order chi connectivity index (χ1) is 8.55. The van der Waals surface area contributed by atoms with E-state index in [4.69, 9.17) is 9.88 Å². The van der Waals surface area contributed by atoms with Crippen molar-refractivity contribution in [2.45, 2.75) is 30.4 Å². The molecule has 2 rings (SSSR count). The van der Waals surface area contributed by atoms with Crippen LogP contribution in [0.2, 0.25) is 0 Å². The van der Waals surface area contributed by atoms with Crippen molar-refractivity contribution in [3.8, 4) is 0 Å². The molecule has 5 nitrogen and oxygen atoms in total. The molecule has 1 unspecified atom stereocenters. The van der Waals surface area contributed by atoms with Crippen LogP contribution in [0.15, 0.2) is 29.2 Å². The molecule has 0 radical (unpaired) electrons. The minimum Gasteiger partial charge on any atom is -0.377 e. The molecule has 18 heavy (non-hydrogen) atoms. The number of ether oxygens (including phenoxy) is 1. The van der Waals surface area contributed by atoms with E-state index < -0.39 is 10.0 Å². The topological polar surface area (TPSA) is 81.4 Å². The summed E-state index contributed by atoms with van der Waals surface area (Å²) < 4.78 is 27.7. The highest BCUT2D eigenvalue weighted by atomic mass is 32.2. The molecule has 1 heterocycles. The number of rotatable bonds is 5. The number of benzene rings is 1. The lowest BCUT2D eigenvalue weighted by atomic mass is 10.2. The predicted molar refractivity (Wildman–Crippen MR) is 68.5 cm³/mol. The Hall–Kier alpha value is -0.950. The molecule has 0 amide bonds. The fourth-order valence-corrected chi connectivity index (χ4v) is 2.50. The van der Waals surface area contributed by atoms with Gasteiger partial charge in [-0.25, -0.2) is 13.6 Å². The fraction of sp³-hybridized carbons (Fsp3) is 0.500. The van der Waals surface area contributed by atoms with Gasteiger partial charge in [0.2, 0.25) is 10.0 Å². The Morgan fingerprint density at radius 3 is 2.61 bits per heavy atom. The lowest BCUT2D eigenvalue weighted by molar-refractivity contribution is 0.110. The van der Waals surface area contributed by atoms with Crippen LogP contribution in [0.1, 0.15) is 18.4 Å². The van der Waals surface area contributed by atoms with E-state index in [-0.39, 0.29) is 4.90 Å². The molecule has 1 aromatic carbocycles. The van der Waals surface area contributed by atoms with Gasteiger partial charge in [0.05, 0.1) is 11.0 Å². The molecule has 1 aliphatic heterocycles. The Bertz CT molecular complexity index is 479. The summed E-state index contributed by atoms with van der Waals surface area (Å²) >= 11 is 0. The van der Waals surface area contributed by atoms with Gasteiger partial charge in [-0.3, -0.25) is 0 Å². The zero-order valence-electron chi connectivity index (χ0n) is 10.1. The summed E-state index contributed by atoms with van der Waals surface area (Å²) in [6.45, 7) is 2.39. The molecule has 0 aliphatic carbocycles. The smallest absolute Gasteiger partial charge is 0.238 e. The number of sulfonamides is 1. The average molecular weight is 270 g/mol. The first-order valence-electron chi connectivity index (χ1n) is 6.00. The SMILES string of the molecule is NS(=O)(=O)c1ccc(CNCC2CCCO2)cc1. The Labute approximate surface area is 107 Å². The van der Waals surface area contributed by atoms with Crippen LogP contribution >= 0.6 is 0 Å². The minimum absolute atomic E-state index is 0.144. The van der Waals surface area contributed by atoms with E-state index in [0.717, 1.165) is 31.6 Å². The Kier molecular flexibility index (Phi) is 4.34. The zero-order valence-corrected chi connectivity index (χ0v) is 10.9. The summed E-state index contributed by atoms with van der Waals surface area (Å²) in [6.07, 6.45) is 2.56. The molecule has 0 bridgehead atoms. The lowest BCUT2D eigenvalue weighted by Gasteiger charge is -2.10. The van der Waals surface area contributed by atoms with Crippen molar-refractivity contribution in [3.05, 3.63) is 29.8 Å². The van der Waals surface area contributed by atoms with Gasteiger partial charge in [0.25, 0.3) is 0 Å². The van der Waals surface area contributed by atoms with Crippen molar-refractivity contribution in [1.82, 2.24) is 5.32 Å². The average Bonchev–Trinajstić information content (AvgIpc) is 2.82. The van der Waals surface area contributed by atoms with E-state index in [2.05, 4.69) is 5.32 Å². The minimum atomic E-state index is -3.59. The molecule has 100 valence electrons. The number of nitrogens with one attached hydrogen (secondary N) is 1. The molecule has 1 aliphatic rings. The molecule has 1 aromatic rings. The van der Waals surface area contributed by atoms with E-state index in [0.29, 0.717) is 12.6 Å². The zero-order chi connectivity index (χ0) is 13.0. The summed E-state index contributed by atoms with van der Waals surface area (Å²) in [5.41, 5.74) is 1.03. The molecule has 6 heteroatoms. The molecule has 0 aromatic heterocycles. The van der Waals surface area contributed by atoms with Crippen molar-refractivity contribution >= 4 is 10.0 Å². The van der Waals surface area contributed by atoms with Gasteiger partial charge in [-0.05, 0) is 30.5 Å². The number of nitrogens with two attached hydrogens (primary N) is 1. The van der Waals surface area contributed by atoms with Crippen LogP contribution in [0.3, 0.4) is 0 Å². The summed E-state index contributed by atoms with van der Waals surface area (Å²) in [4.78, 5) is 0.144. The summed E-state index contributed by atoms with van der Waals surface area (Å²) in [5.74, 6) is 0. The molecule has 3 N–H and O–H groups in total. The van der Waals surface area contributed by atoms with Crippen molar-refractivity contribution in [2.75, 3.05) is 13.2 Å². The highest BCUT2D eigenvalue weighted by Gasteiger charge is 2.14. The molecule has 0 saturated carbocycles. The molecular formula is C12H18N2O3S. The monoisotopic (exact) mass is 270 g/mol. The summed E-state index contributed by atoms with van der Waals surface area (Å²) in [5, 5.41) is 8.33. The third kappa shape index (κ3) is 3.78. The van der Waals surface area contributed by atoms with Gasteiger partial charge >= 0.3 is 0 Å². The maximum atomic E-state index is 11.1. The third-order valence-electron chi connectivity index (χ3n) is 2.98. The largest absolute Gasteiger partial charge is 0.377 e. The second-order valence-electron chi connectivity index (χ2n) is 4.45. The van der Waals surface area contributed by atoms with Gasteiger partial charge in [-0.1, -0.05) is 12.1 Å². The molecular weight excluding hydrogens is 252 g/mol. The first kappa shape index (κ1) is 13.5. The van der Waals surface area contributed by atoms with E-state index in [1.165, 1.54) is 12.1 Å². The highest BCUT2D eigenvalue weighted by molar-refractivity contribution is 7.89. The number of hydrogen-bond donors (Lipinski definition) is 2. The van der Waals surface area contributed by atoms with Gasteiger partial charge in [0.1, 0.15) is 0 Å². The Morgan fingerprint density at radius 2 is 2.06 bits per heavy atom. The van der Waals surface area contributed by atoms with Gasteiger partial charge in [-0.15, -0.1) is 0 Å². The van der Waals surface area contributed by atoms with Gasteiger partial charge in [-0.2, -0.15) is 0 Å². The summed E-state index contributed by atoms with van der Waals surface area (Å²) in [7, 11) is -3.59. The normalized spacial score (nSPS) is 20.2. The van der Waals surface area contributed by atoms with Crippen molar-refractivity contribution in [1.29, 1.82) is 0 Å².